The monoisotopic (exact) mass is 521 g/mol. The molecule has 172 valence electrons. The van der Waals surface area contributed by atoms with Gasteiger partial charge in [-0.2, -0.15) is 0 Å². The molecule has 0 unspecified atom stereocenters. The molecule has 8 heteroatoms. The standard InChI is InChI=1S/C24H29BrClN3O3/c1-15(2)11-22(30)29-9-7-28(8-10-29)21-6-5-18(14-20(21)26)27-24(31)19-13-17(25)12-16(3)23(19)32-4/h5-6,12-15H,7-11H2,1-4H3,(H,27,31). The second-order valence-electron chi connectivity index (χ2n) is 8.39. The van der Waals surface area contributed by atoms with E-state index in [4.69, 9.17) is 16.3 Å². The highest BCUT2D eigenvalue weighted by Crippen LogP contribution is 2.32. The Labute approximate surface area is 203 Å². The molecule has 6 nitrogen and oxygen atoms in total. The first-order valence-electron chi connectivity index (χ1n) is 10.7. The highest BCUT2D eigenvalue weighted by molar-refractivity contribution is 9.10. The zero-order valence-corrected chi connectivity index (χ0v) is 21.2. The van der Waals surface area contributed by atoms with Crippen LogP contribution in [0.25, 0.3) is 0 Å². The topological polar surface area (TPSA) is 61.9 Å². The lowest BCUT2D eigenvalue weighted by Gasteiger charge is -2.36. The van der Waals surface area contributed by atoms with Crippen LogP contribution in [0.2, 0.25) is 5.02 Å². The van der Waals surface area contributed by atoms with Gasteiger partial charge in [-0.15, -0.1) is 0 Å². The quantitative estimate of drug-likeness (QED) is 0.554. The largest absolute Gasteiger partial charge is 0.496 e. The summed E-state index contributed by atoms with van der Waals surface area (Å²) in [6.45, 7) is 8.82. The molecule has 0 radical (unpaired) electrons. The number of piperazine rings is 1. The van der Waals surface area contributed by atoms with Crippen molar-refractivity contribution in [1.29, 1.82) is 0 Å². The number of amides is 2. The highest BCUT2D eigenvalue weighted by atomic mass is 79.9. The van der Waals surface area contributed by atoms with Crippen LogP contribution in [0.3, 0.4) is 0 Å². The van der Waals surface area contributed by atoms with Gasteiger partial charge in [0.1, 0.15) is 5.75 Å². The minimum atomic E-state index is -0.271. The predicted molar refractivity (Wildman–Crippen MR) is 133 cm³/mol. The van der Waals surface area contributed by atoms with Crippen molar-refractivity contribution in [3.63, 3.8) is 0 Å². The van der Waals surface area contributed by atoms with Gasteiger partial charge in [0.15, 0.2) is 0 Å². The molecule has 0 aliphatic carbocycles. The molecule has 1 aliphatic heterocycles. The third-order valence-electron chi connectivity index (χ3n) is 5.45. The van der Waals surface area contributed by atoms with E-state index >= 15 is 0 Å². The Hall–Kier alpha value is -2.25. The Balaban J connectivity index is 1.68. The van der Waals surface area contributed by atoms with E-state index in [1.807, 2.05) is 30.0 Å². The van der Waals surface area contributed by atoms with E-state index in [9.17, 15) is 9.59 Å². The first-order valence-corrected chi connectivity index (χ1v) is 11.8. The molecule has 32 heavy (non-hydrogen) atoms. The molecule has 1 saturated heterocycles. The van der Waals surface area contributed by atoms with Crippen molar-refractivity contribution in [1.82, 2.24) is 4.90 Å². The molecule has 0 saturated carbocycles. The summed E-state index contributed by atoms with van der Waals surface area (Å²) in [6, 6.07) is 9.14. The molecule has 3 rings (SSSR count). The first kappa shape index (κ1) is 24.4. The van der Waals surface area contributed by atoms with Gasteiger partial charge in [-0.05, 0) is 48.7 Å². The van der Waals surface area contributed by atoms with E-state index in [0.29, 0.717) is 47.5 Å². The number of rotatable bonds is 6. The van der Waals surface area contributed by atoms with Crippen molar-refractivity contribution in [2.24, 2.45) is 5.92 Å². The van der Waals surface area contributed by atoms with Gasteiger partial charge in [-0.1, -0.05) is 41.4 Å². The Kier molecular flexibility index (Phi) is 8.06. The lowest BCUT2D eigenvalue weighted by atomic mass is 10.1. The van der Waals surface area contributed by atoms with Crippen molar-refractivity contribution >= 4 is 50.7 Å². The molecule has 1 fully saturated rings. The summed E-state index contributed by atoms with van der Waals surface area (Å²) in [5.74, 6) is 0.839. The minimum absolute atomic E-state index is 0.210. The second-order valence-corrected chi connectivity index (χ2v) is 9.71. The zero-order chi connectivity index (χ0) is 23.4. The molecule has 1 aliphatic rings. The van der Waals surface area contributed by atoms with Crippen molar-refractivity contribution in [3.05, 3.63) is 51.0 Å². The lowest BCUT2D eigenvalue weighted by molar-refractivity contribution is -0.132. The maximum Gasteiger partial charge on any atom is 0.259 e. The number of ether oxygens (including phenoxy) is 1. The van der Waals surface area contributed by atoms with Crippen LogP contribution in [0.15, 0.2) is 34.8 Å². The number of hydrogen-bond donors (Lipinski definition) is 1. The normalized spacial score (nSPS) is 14.0. The SMILES string of the molecule is COc1c(C)cc(Br)cc1C(=O)Nc1ccc(N2CCN(C(=O)CC(C)C)CC2)c(Cl)c1. The summed E-state index contributed by atoms with van der Waals surface area (Å²) in [6.07, 6.45) is 0.581. The average Bonchev–Trinajstić information content (AvgIpc) is 2.73. The molecule has 1 N–H and O–H groups in total. The lowest BCUT2D eigenvalue weighted by Crippen LogP contribution is -2.49. The van der Waals surface area contributed by atoms with Gasteiger partial charge in [0.25, 0.3) is 5.91 Å². The molecular formula is C24H29BrClN3O3. The van der Waals surface area contributed by atoms with Crippen LogP contribution in [-0.4, -0.2) is 50.0 Å². The van der Waals surface area contributed by atoms with Gasteiger partial charge in [-0.25, -0.2) is 0 Å². The van der Waals surface area contributed by atoms with Gasteiger partial charge >= 0.3 is 0 Å². The summed E-state index contributed by atoms with van der Waals surface area (Å²) in [7, 11) is 1.55. The van der Waals surface area contributed by atoms with E-state index < -0.39 is 0 Å². The fraction of sp³-hybridized carbons (Fsp3) is 0.417. The number of nitrogens with one attached hydrogen (secondary N) is 1. The number of hydrogen-bond acceptors (Lipinski definition) is 4. The van der Waals surface area contributed by atoms with Crippen LogP contribution < -0.4 is 15.0 Å². The van der Waals surface area contributed by atoms with E-state index in [2.05, 4.69) is 40.0 Å². The minimum Gasteiger partial charge on any atom is -0.496 e. The molecule has 0 bridgehead atoms. The van der Waals surface area contributed by atoms with Crippen molar-refractivity contribution in [3.8, 4) is 5.75 Å². The molecule has 0 aromatic heterocycles. The van der Waals surface area contributed by atoms with Gasteiger partial charge in [0.2, 0.25) is 5.91 Å². The van der Waals surface area contributed by atoms with Crippen LogP contribution >= 0.6 is 27.5 Å². The predicted octanol–water partition coefficient (Wildman–Crippen LogP) is 5.37. The third-order valence-corrected chi connectivity index (χ3v) is 6.21. The maximum absolute atomic E-state index is 12.9. The Morgan fingerprint density at radius 2 is 1.84 bits per heavy atom. The van der Waals surface area contributed by atoms with Gasteiger partial charge < -0.3 is 19.9 Å². The van der Waals surface area contributed by atoms with E-state index in [1.165, 1.54) is 0 Å². The number of carbonyl (C=O) groups excluding carboxylic acids is 2. The molecule has 0 atom stereocenters. The summed E-state index contributed by atoms with van der Waals surface area (Å²) in [5, 5.41) is 3.46. The summed E-state index contributed by atoms with van der Waals surface area (Å²) in [4.78, 5) is 29.3. The van der Waals surface area contributed by atoms with Crippen LogP contribution in [0, 0.1) is 12.8 Å². The third kappa shape index (κ3) is 5.75. The van der Waals surface area contributed by atoms with Crippen molar-refractivity contribution in [2.45, 2.75) is 27.2 Å². The second kappa shape index (κ2) is 10.6. The Morgan fingerprint density at radius 3 is 2.44 bits per heavy atom. The number of benzene rings is 2. The molecule has 2 amide bonds. The fourth-order valence-corrected chi connectivity index (χ4v) is 4.76. The van der Waals surface area contributed by atoms with Gasteiger partial charge in [-0.3, -0.25) is 9.59 Å². The highest BCUT2D eigenvalue weighted by Gasteiger charge is 2.23. The summed E-state index contributed by atoms with van der Waals surface area (Å²) in [5.41, 5.74) is 2.82. The van der Waals surface area contributed by atoms with E-state index in [0.717, 1.165) is 28.8 Å². The van der Waals surface area contributed by atoms with Crippen LogP contribution in [0.4, 0.5) is 11.4 Å². The maximum atomic E-state index is 12.9. The van der Waals surface area contributed by atoms with Crippen LogP contribution in [-0.2, 0) is 4.79 Å². The molecule has 2 aromatic rings. The van der Waals surface area contributed by atoms with Gasteiger partial charge in [0, 0.05) is 42.8 Å². The van der Waals surface area contributed by atoms with Gasteiger partial charge in [0.05, 0.1) is 23.4 Å². The number of anilines is 2. The number of methoxy groups -OCH3 is 1. The summed E-state index contributed by atoms with van der Waals surface area (Å²) >= 11 is 10.00. The fourth-order valence-electron chi connectivity index (χ4n) is 3.88. The zero-order valence-electron chi connectivity index (χ0n) is 18.9. The first-order chi connectivity index (χ1) is 15.2. The van der Waals surface area contributed by atoms with Crippen LogP contribution in [0.5, 0.6) is 5.75 Å². The average molecular weight is 523 g/mol. The van der Waals surface area contributed by atoms with Crippen molar-refractivity contribution in [2.75, 3.05) is 43.5 Å². The number of carbonyl (C=O) groups is 2. The van der Waals surface area contributed by atoms with Crippen molar-refractivity contribution < 1.29 is 14.3 Å². The Bertz CT molecular complexity index is 1000. The number of aryl methyl sites for hydroxylation is 1. The molecule has 0 spiro atoms. The smallest absolute Gasteiger partial charge is 0.259 e. The summed E-state index contributed by atoms with van der Waals surface area (Å²) < 4.78 is 6.22. The van der Waals surface area contributed by atoms with E-state index in [1.54, 1.807) is 19.2 Å². The van der Waals surface area contributed by atoms with E-state index in [-0.39, 0.29) is 11.8 Å². The molecule has 2 aromatic carbocycles. The Morgan fingerprint density at radius 1 is 1.16 bits per heavy atom. The number of nitrogens with zero attached hydrogens (tertiary/aromatic N) is 2. The molecular weight excluding hydrogens is 494 g/mol. The number of halogens is 2. The van der Waals surface area contributed by atoms with Crippen LogP contribution in [0.1, 0.15) is 36.2 Å². The molecule has 1 heterocycles.